The van der Waals surface area contributed by atoms with Crippen molar-refractivity contribution in [1.82, 2.24) is 25.1 Å². The van der Waals surface area contributed by atoms with Crippen LogP contribution in [0.1, 0.15) is 21.8 Å². The Bertz CT molecular complexity index is 1330. The number of aromatic hydroxyl groups is 1. The van der Waals surface area contributed by atoms with Gasteiger partial charge in [0.1, 0.15) is 11.6 Å². The van der Waals surface area contributed by atoms with Crippen LogP contribution in [0.3, 0.4) is 0 Å². The van der Waals surface area contributed by atoms with Crippen molar-refractivity contribution in [2.45, 2.75) is 6.42 Å². The van der Waals surface area contributed by atoms with E-state index in [9.17, 15) is 19.1 Å². The summed E-state index contributed by atoms with van der Waals surface area (Å²) < 4.78 is 18.6. The third-order valence-electron chi connectivity index (χ3n) is 4.64. The van der Waals surface area contributed by atoms with Crippen LogP contribution in [0, 0.1) is 5.82 Å². The van der Waals surface area contributed by atoms with E-state index < -0.39 is 11.3 Å². The Morgan fingerprint density at radius 2 is 1.78 bits per heavy atom. The number of hydrogen-bond acceptors (Lipinski definition) is 7. The number of aromatic nitrogens is 4. The fourth-order valence-electron chi connectivity index (χ4n) is 2.98. The number of aromatic amines is 1. The second-order valence-electron chi connectivity index (χ2n) is 7.19. The van der Waals surface area contributed by atoms with Gasteiger partial charge < -0.3 is 19.4 Å². The Kier molecular flexibility index (Phi) is 5.50. The lowest BCUT2D eigenvalue weighted by Gasteiger charge is -2.10. The molecule has 2 N–H and O–H groups in total. The Morgan fingerprint density at radius 3 is 2.44 bits per heavy atom. The third kappa shape index (κ3) is 4.24. The van der Waals surface area contributed by atoms with E-state index in [0.717, 1.165) is 5.56 Å². The fraction of sp³-hybridized carbons (Fsp3) is 0.136. The second-order valence-corrected chi connectivity index (χ2v) is 7.19. The molecule has 0 unspecified atom stereocenters. The smallest absolute Gasteiger partial charge is 0.294 e. The summed E-state index contributed by atoms with van der Waals surface area (Å²) in [5.41, 5.74) is 0.789. The molecular weight excluding hydrogens is 417 g/mol. The number of nitrogens with zero attached hydrogens (tertiary/aromatic N) is 4. The molecule has 2 aromatic carbocycles. The normalized spacial score (nSPS) is 10.8. The summed E-state index contributed by atoms with van der Waals surface area (Å²) in [6.45, 7) is 0. The first-order chi connectivity index (χ1) is 15.3. The van der Waals surface area contributed by atoms with E-state index in [0.29, 0.717) is 11.1 Å². The first kappa shape index (κ1) is 20.9. The first-order valence-corrected chi connectivity index (χ1v) is 9.54. The van der Waals surface area contributed by atoms with E-state index in [1.54, 1.807) is 50.5 Å². The van der Waals surface area contributed by atoms with Gasteiger partial charge in [0.25, 0.3) is 17.4 Å². The highest BCUT2D eigenvalue weighted by Gasteiger charge is 2.20. The lowest BCUT2D eigenvalue weighted by molar-refractivity contribution is 0.0827. The van der Waals surface area contributed by atoms with Crippen LogP contribution >= 0.6 is 0 Å². The number of carbonyl (C=O) groups excluding carboxylic acids is 1. The average Bonchev–Trinajstić information content (AvgIpc) is 3.25. The first-order valence-electron chi connectivity index (χ1n) is 9.54. The minimum Gasteiger partial charge on any atom is -0.501 e. The molecule has 4 rings (SSSR count). The SMILES string of the molecule is CN(C)C(=O)c1ccc(-c2nc(-c3nnc(Cc4ccc(F)cc4)o3)c(O)c(=O)[nH]2)cc1. The van der Waals surface area contributed by atoms with Crippen molar-refractivity contribution in [3.05, 3.63) is 81.7 Å². The predicted octanol–water partition coefficient (Wildman–Crippen LogP) is 2.62. The average molecular weight is 435 g/mol. The van der Waals surface area contributed by atoms with Crippen molar-refractivity contribution in [2.75, 3.05) is 14.1 Å². The van der Waals surface area contributed by atoms with Crippen LogP contribution in [0.25, 0.3) is 23.0 Å². The number of amides is 1. The van der Waals surface area contributed by atoms with Crippen LogP contribution in [0.4, 0.5) is 4.39 Å². The van der Waals surface area contributed by atoms with Crippen LogP contribution in [0.2, 0.25) is 0 Å². The van der Waals surface area contributed by atoms with Crippen LogP contribution in [0.5, 0.6) is 5.75 Å². The molecule has 0 saturated carbocycles. The largest absolute Gasteiger partial charge is 0.501 e. The molecule has 0 bridgehead atoms. The van der Waals surface area contributed by atoms with Gasteiger partial charge in [0.2, 0.25) is 11.6 Å². The van der Waals surface area contributed by atoms with Crippen molar-refractivity contribution in [2.24, 2.45) is 0 Å². The number of benzene rings is 2. The molecule has 162 valence electrons. The van der Waals surface area contributed by atoms with Gasteiger partial charge >= 0.3 is 0 Å². The number of halogens is 1. The molecule has 2 aromatic heterocycles. The van der Waals surface area contributed by atoms with Crippen LogP contribution in [0.15, 0.2) is 57.7 Å². The van der Waals surface area contributed by atoms with E-state index >= 15 is 0 Å². The Hall–Kier alpha value is -4.34. The van der Waals surface area contributed by atoms with Crippen molar-refractivity contribution in [1.29, 1.82) is 0 Å². The lowest BCUT2D eigenvalue weighted by Crippen LogP contribution is -2.21. The van der Waals surface area contributed by atoms with Crippen molar-refractivity contribution in [3.63, 3.8) is 0 Å². The number of hydrogen-bond donors (Lipinski definition) is 2. The van der Waals surface area contributed by atoms with Crippen LogP contribution in [-0.2, 0) is 6.42 Å². The summed E-state index contributed by atoms with van der Waals surface area (Å²) in [5.74, 6) is -0.948. The molecule has 0 spiro atoms. The number of nitrogens with one attached hydrogen (secondary N) is 1. The minimum atomic E-state index is -0.781. The van der Waals surface area contributed by atoms with Crippen LogP contribution < -0.4 is 5.56 Å². The van der Waals surface area contributed by atoms with Gasteiger partial charge in [-0.15, -0.1) is 10.2 Å². The summed E-state index contributed by atoms with van der Waals surface area (Å²) in [4.78, 5) is 32.5. The van der Waals surface area contributed by atoms with Crippen molar-refractivity contribution >= 4 is 5.91 Å². The molecule has 4 aromatic rings. The standard InChI is InChI=1S/C22H18FN5O4/c1-28(2)22(31)14-7-5-13(6-8-14)19-24-17(18(29)20(30)25-19)21-27-26-16(32-21)11-12-3-9-15(23)10-4-12/h3-10,29H,11H2,1-2H3,(H,24,25,30). The maximum absolute atomic E-state index is 13.1. The second kappa shape index (κ2) is 8.42. The summed E-state index contributed by atoms with van der Waals surface area (Å²) >= 11 is 0. The summed E-state index contributed by atoms with van der Waals surface area (Å²) in [6.07, 6.45) is 0.242. The number of carbonyl (C=O) groups is 1. The Labute approximate surface area is 181 Å². The van der Waals surface area contributed by atoms with Gasteiger partial charge in [-0.25, -0.2) is 9.37 Å². The van der Waals surface area contributed by atoms with Gasteiger partial charge in [0.15, 0.2) is 5.69 Å². The molecule has 0 aliphatic carbocycles. The molecule has 1 amide bonds. The van der Waals surface area contributed by atoms with Gasteiger partial charge in [-0.3, -0.25) is 9.59 Å². The van der Waals surface area contributed by atoms with Crippen molar-refractivity contribution in [3.8, 4) is 28.7 Å². The molecular formula is C22H18FN5O4. The lowest BCUT2D eigenvalue weighted by atomic mass is 10.1. The van der Waals surface area contributed by atoms with Gasteiger partial charge in [0.05, 0.1) is 6.42 Å². The Morgan fingerprint density at radius 1 is 1.09 bits per heavy atom. The summed E-state index contributed by atoms with van der Waals surface area (Å²) in [7, 11) is 3.30. The fourth-order valence-corrected chi connectivity index (χ4v) is 2.98. The predicted molar refractivity (Wildman–Crippen MR) is 112 cm³/mol. The molecule has 2 heterocycles. The topological polar surface area (TPSA) is 125 Å². The molecule has 10 heteroatoms. The zero-order valence-corrected chi connectivity index (χ0v) is 17.2. The highest BCUT2D eigenvalue weighted by atomic mass is 19.1. The van der Waals surface area contributed by atoms with E-state index in [1.807, 2.05) is 0 Å². The highest BCUT2D eigenvalue weighted by Crippen LogP contribution is 2.26. The van der Waals surface area contributed by atoms with E-state index in [2.05, 4.69) is 20.2 Å². The maximum Gasteiger partial charge on any atom is 0.294 e. The quantitative estimate of drug-likeness (QED) is 0.494. The molecule has 0 atom stereocenters. The maximum atomic E-state index is 13.1. The van der Waals surface area contributed by atoms with Gasteiger partial charge in [-0.2, -0.15) is 0 Å². The molecule has 0 aliphatic rings. The van der Waals surface area contributed by atoms with E-state index in [1.165, 1.54) is 17.0 Å². The highest BCUT2D eigenvalue weighted by molar-refractivity contribution is 5.94. The molecule has 32 heavy (non-hydrogen) atoms. The molecule has 0 aliphatic heterocycles. The zero-order valence-electron chi connectivity index (χ0n) is 17.2. The van der Waals surface area contributed by atoms with E-state index in [4.69, 9.17) is 4.42 Å². The van der Waals surface area contributed by atoms with Gasteiger partial charge in [-0.1, -0.05) is 24.3 Å². The molecule has 9 nitrogen and oxygen atoms in total. The molecule has 0 radical (unpaired) electrons. The minimum absolute atomic E-state index is 0.133. The molecule has 0 saturated heterocycles. The summed E-state index contributed by atoms with van der Waals surface area (Å²) in [5, 5.41) is 18.0. The molecule has 0 fully saturated rings. The van der Waals surface area contributed by atoms with Crippen molar-refractivity contribution < 1.29 is 18.7 Å². The van der Waals surface area contributed by atoms with Gasteiger partial charge in [0, 0.05) is 25.2 Å². The van der Waals surface area contributed by atoms with Crippen LogP contribution in [-0.4, -0.2) is 50.2 Å². The zero-order chi connectivity index (χ0) is 22.8. The Balaban J connectivity index is 1.65. The third-order valence-corrected chi connectivity index (χ3v) is 4.64. The van der Waals surface area contributed by atoms with Gasteiger partial charge in [-0.05, 0) is 29.8 Å². The monoisotopic (exact) mass is 435 g/mol. The number of H-pyrrole nitrogens is 1. The summed E-state index contributed by atoms with van der Waals surface area (Å²) in [6, 6.07) is 12.3. The number of rotatable bonds is 5. The van der Waals surface area contributed by atoms with E-state index in [-0.39, 0.29) is 41.4 Å².